The van der Waals surface area contributed by atoms with E-state index in [0.717, 1.165) is 19.3 Å². The summed E-state index contributed by atoms with van der Waals surface area (Å²) in [5.74, 6) is 1.01. The lowest BCUT2D eigenvalue weighted by Crippen LogP contribution is -2.16. The van der Waals surface area contributed by atoms with E-state index in [1.165, 1.54) is 11.1 Å². The lowest BCUT2D eigenvalue weighted by Gasteiger charge is -2.13. The fourth-order valence-corrected chi connectivity index (χ4v) is 2.40. The van der Waals surface area contributed by atoms with Crippen molar-refractivity contribution in [2.24, 2.45) is 5.92 Å². The highest BCUT2D eigenvalue weighted by molar-refractivity contribution is 5.91. The van der Waals surface area contributed by atoms with Gasteiger partial charge < -0.3 is 0 Å². The van der Waals surface area contributed by atoms with Crippen LogP contribution in [0.15, 0.2) is 24.3 Å². The van der Waals surface area contributed by atoms with Crippen LogP contribution in [0.1, 0.15) is 44.7 Å². The van der Waals surface area contributed by atoms with Gasteiger partial charge in [0.05, 0.1) is 5.41 Å². The summed E-state index contributed by atoms with van der Waals surface area (Å²) in [4.78, 5) is 11.6. The van der Waals surface area contributed by atoms with E-state index in [0.29, 0.717) is 11.7 Å². The van der Waals surface area contributed by atoms with E-state index in [9.17, 15) is 4.79 Å². The fourth-order valence-electron chi connectivity index (χ4n) is 2.40. The Morgan fingerprint density at radius 2 is 1.81 bits per heavy atom. The lowest BCUT2D eigenvalue weighted by molar-refractivity contribution is -0.119. The van der Waals surface area contributed by atoms with E-state index < -0.39 is 0 Å². The van der Waals surface area contributed by atoms with Crippen molar-refractivity contribution < 1.29 is 4.79 Å². The molecule has 0 spiro atoms. The van der Waals surface area contributed by atoms with Crippen molar-refractivity contribution in [2.75, 3.05) is 0 Å². The van der Waals surface area contributed by atoms with Crippen LogP contribution in [0.4, 0.5) is 0 Å². The molecule has 2 rings (SSSR count). The first-order valence-electron chi connectivity index (χ1n) is 6.15. The summed E-state index contributed by atoms with van der Waals surface area (Å²) in [7, 11) is 0. The number of hydrogen-bond acceptors (Lipinski definition) is 1. The SMILES string of the molecule is CC(=O)C1(c2ccc(CC(C)C)cc2)CC1. The van der Waals surface area contributed by atoms with Crippen LogP contribution in [0.3, 0.4) is 0 Å². The van der Waals surface area contributed by atoms with Crippen LogP contribution in [0.5, 0.6) is 0 Å². The Morgan fingerprint density at radius 3 is 2.19 bits per heavy atom. The third-order valence-corrected chi connectivity index (χ3v) is 3.57. The van der Waals surface area contributed by atoms with Crippen molar-refractivity contribution >= 4 is 5.78 Å². The lowest BCUT2D eigenvalue weighted by atomic mass is 9.90. The Balaban J connectivity index is 2.17. The number of rotatable bonds is 4. The topological polar surface area (TPSA) is 17.1 Å². The van der Waals surface area contributed by atoms with E-state index in [4.69, 9.17) is 0 Å². The maximum Gasteiger partial charge on any atom is 0.140 e. The molecule has 86 valence electrons. The summed E-state index contributed by atoms with van der Waals surface area (Å²) >= 11 is 0. The summed E-state index contributed by atoms with van der Waals surface area (Å²) in [6.45, 7) is 6.17. The van der Waals surface area contributed by atoms with Crippen LogP contribution in [-0.2, 0) is 16.6 Å². The molecule has 1 nitrogen and oxygen atoms in total. The quantitative estimate of drug-likeness (QED) is 0.752. The Hall–Kier alpha value is -1.11. The number of carbonyl (C=O) groups excluding carboxylic acids is 1. The van der Waals surface area contributed by atoms with E-state index in [2.05, 4.69) is 38.1 Å². The zero-order valence-electron chi connectivity index (χ0n) is 10.4. The molecule has 1 aromatic carbocycles. The van der Waals surface area contributed by atoms with Crippen LogP contribution >= 0.6 is 0 Å². The summed E-state index contributed by atoms with van der Waals surface area (Å²) in [5, 5.41) is 0. The highest BCUT2D eigenvalue weighted by Crippen LogP contribution is 2.48. The van der Waals surface area contributed by atoms with Gasteiger partial charge in [-0.05, 0) is 43.2 Å². The van der Waals surface area contributed by atoms with Gasteiger partial charge >= 0.3 is 0 Å². The molecule has 0 aliphatic heterocycles. The highest BCUT2D eigenvalue weighted by atomic mass is 16.1. The molecule has 1 heteroatoms. The first kappa shape index (κ1) is 11.4. The Labute approximate surface area is 97.9 Å². The monoisotopic (exact) mass is 216 g/mol. The van der Waals surface area contributed by atoms with Crippen molar-refractivity contribution in [1.82, 2.24) is 0 Å². The summed E-state index contributed by atoms with van der Waals surface area (Å²) < 4.78 is 0. The average Bonchev–Trinajstić information content (AvgIpc) is 2.98. The van der Waals surface area contributed by atoms with Crippen molar-refractivity contribution in [3.63, 3.8) is 0 Å². The molecule has 1 fully saturated rings. The van der Waals surface area contributed by atoms with Gasteiger partial charge in [0.15, 0.2) is 0 Å². The minimum Gasteiger partial charge on any atom is -0.299 e. The second-order valence-electron chi connectivity index (χ2n) is 5.43. The molecule has 0 bridgehead atoms. The van der Waals surface area contributed by atoms with Gasteiger partial charge in [0, 0.05) is 0 Å². The van der Waals surface area contributed by atoms with Crippen LogP contribution < -0.4 is 0 Å². The third kappa shape index (κ3) is 2.04. The first-order chi connectivity index (χ1) is 7.54. The average molecular weight is 216 g/mol. The number of Topliss-reactive ketones (excluding diaryl/α,β-unsaturated/α-hetero) is 1. The van der Waals surface area contributed by atoms with Crippen LogP contribution in [0.25, 0.3) is 0 Å². The molecule has 0 saturated heterocycles. The van der Waals surface area contributed by atoms with Crippen molar-refractivity contribution in [3.05, 3.63) is 35.4 Å². The molecular weight excluding hydrogens is 196 g/mol. The van der Waals surface area contributed by atoms with Gasteiger partial charge in [-0.1, -0.05) is 38.1 Å². The Kier molecular flexibility index (Phi) is 2.88. The molecule has 1 aromatic rings. The predicted octanol–water partition coefficient (Wildman–Crippen LogP) is 3.51. The van der Waals surface area contributed by atoms with Crippen molar-refractivity contribution in [2.45, 2.75) is 45.4 Å². The Morgan fingerprint density at radius 1 is 1.25 bits per heavy atom. The van der Waals surface area contributed by atoms with Gasteiger partial charge in [0.2, 0.25) is 0 Å². The molecule has 1 aliphatic carbocycles. The molecule has 16 heavy (non-hydrogen) atoms. The van der Waals surface area contributed by atoms with E-state index >= 15 is 0 Å². The van der Waals surface area contributed by atoms with Crippen molar-refractivity contribution in [1.29, 1.82) is 0 Å². The zero-order valence-corrected chi connectivity index (χ0v) is 10.4. The highest BCUT2D eigenvalue weighted by Gasteiger charge is 2.48. The van der Waals surface area contributed by atoms with Gasteiger partial charge in [0.1, 0.15) is 5.78 Å². The standard InChI is InChI=1S/C15H20O/c1-11(2)10-13-4-6-14(7-5-13)15(8-9-15)12(3)16/h4-7,11H,8-10H2,1-3H3. The van der Waals surface area contributed by atoms with Gasteiger partial charge in [-0.3, -0.25) is 4.79 Å². The van der Waals surface area contributed by atoms with Gasteiger partial charge in [-0.25, -0.2) is 0 Å². The molecule has 1 aliphatic rings. The molecule has 0 aromatic heterocycles. The maximum absolute atomic E-state index is 11.6. The van der Waals surface area contributed by atoms with E-state index in [1.54, 1.807) is 6.92 Å². The molecule has 0 unspecified atom stereocenters. The number of ketones is 1. The van der Waals surface area contributed by atoms with Gasteiger partial charge in [-0.2, -0.15) is 0 Å². The van der Waals surface area contributed by atoms with Gasteiger partial charge in [-0.15, -0.1) is 0 Å². The summed E-state index contributed by atoms with van der Waals surface area (Å²) in [5.41, 5.74) is 2.47. The van der Waals surface area contributed by atoms with Gasteiger partial charge in [0.25, 0.3) is 0 Å². The minimum atomic E-state index is -0.115. The summed E-state index contributed by atoms with van der Waals surface area (Å²) in [6, 6.07) is 8.65. The second-order valence-corrected chi connectivity index (χ2v) is 5.43. The van der Waals surface area contributed by atoms with Crippen LogP contribution in [0, 0.1) is 5.92 Å². The van der Waals surface area contributed by atoms with E-state index in [-0.39, 0.29) is 5.41 Å². The molecule has 0 atom stereocenters. The van der Waals surface area contributed by atoms with E-state index in [1.807, 2.05) is 0 Å². The maximum atomic E-state index is 11.6. The third-order valence-electron chi connectivity index (χ3n) is 3.57. The molecular formula is C15H20O. The normalized spacial score (nSPS) is 17.5. The molecule has 0 N–H and O–H groups in total. The van der Waals surface area contributed by atoms with Crippen molar-refractivity contribution in [3.8, 4) is 0 Å². The first-order valence-corrected chi connectivity index (χ1v) is 6.15. The molecule has 0 amide bonds. The van der Waals surface area contributed by atoms with Crippen LogP contribution in [0.2, 0.25) is 0 Å². The minimum absolute atomic E-state index is 0.115. The summed E-state index contributed by atoms with van der Waals surface area (Å²) in [6.07, 6.45) is 3.19. The largest absolute Gasteiger partial charge is 0.299 e. The molecule has 0 radical (unpaired) electrons. The van der Waals surface area contributed by atoms with Crippen LogP contribution in [-0.4, -0.2) is 5.78 Å². The zero-order chi connectivity index (χ0) is 11.8. The Bertz CT molecular complexity index is 382. The fraction of sp³-hybridized carbons (Fsp3) is 0.533. The second kappa shape index (κ2) is 4.04. The number of hydrogen-bond donors (Lipinski definition) is 0. The number of benzene rings is 1. The number of carbonyl (C=O) groups is 1. The predicted molar refractivity (Wildman–Crippen MR) is 66.6 cm³/mol. The molecule has 1 saturated carbocycles. The smallest absolute Gasteiger partial charge is 0.140 e. The molecule has 0 heterocycles.